The minimum atomic E-state index is -0.525. The lowest BCUT2D eigenvalue weighted by Gasteiger charge is -2.12. The molecule has 0 aromatic heterocycles. The van der Waals surface area contributed by atoms with Gasteiger partial charge in [0.15, 0.2) is 0 Å². The topological polar surface area (TPSA) is 84.5 Å². The summed E-state index contributed by atoms with van der Waals surface area (Å²) in [5.74, 6) is -1.35. The number of carbonyl (C=O) groups excluding carboxylic acids is 3. The maximum Gasteiger partial charge on any atom is 0.325 e. The van der Waals surface area contributed by atoms with E-state index < -0.39 is 11.9 Å². The summed E-state index contributed by atoms with van der Waals surface area (Å²) in [4.78, 5) is 36.4. The monoisotopic (exact) mass is 418 g/mol. The number of amides is 2. The number of rotatable bonds is 6. The van der Waals surface area contributed by atoms with Gasteiger partial charge in [-0.3, -0.25) is 14.4 Å². The van der Waals surface area contributed by atoms with Gasteiger partial charge in [-0.2, -0.15) is 0 Å². The van der Waals surface area contributed by atoms with Crippen LogP contribution in [0.4, 0.5) is 5.69 Å². The van der Waals surface area contributed by atoms with Crippen molar-refractivity contribution in [2.75, 3.05) is 11.9 Å². The van der Waals surface area contributed by atoms with Crippen LogP contribution in [0.15, 0.2) is 53.0 Å². The van der Waals surface area contributed by atoms with Crippen molar-refractivity contribution >= 4 is 39.4 Å². The fraction of sp³-hybridized carbons (Fsp3) is 0.211. The van der Waals surface area contributed by atoms with Crippen LogP contribution in [0, 0.1) is 0 Å². The van der Waals surface area contributed by atoms with Gasteiger partial charge in [0.2, 0.25) is 0 Å². The van der Waals surface area contributed by atoms with Crippen LogP contribution in [0.3, 0.4) is 0 Å². The Hall–Kier alpha value is -2.67. The SMILES string of the molecule is CC(C)OC(=O)CNC(=O)c1ccccc1NC(=O)c1ccccc1Br. The highest BCUT2D eigenvalue weighted by Gasteiger charge is 2.16. The smallest absolute Gasteiger partial charge is 0.325 e. The Morgan fingerprint density at radius 1 is 0.962 bits per heavy atom. The van der Waals surface area contributed by atoms with Gasteiger partial charge in [0.25, 0.3) is 11.8 Å². The molecule has 0 aliphatic carbocycles. The molecule has 2 rings (SSSR count). The number of esters is 1. The number of nitrogens with one attached hydrogen (secondary N) is 2. The first-order chi connectivity index (χ1) is 12.4. The zero-order valence-corrected chi connectivity index (χ0v) is 16.0. The number of hydrogen-bond acceptors (Lipinski definition) is 4. The molecular formula is C19H19BrN2O4. The first-order valence-corrected chi connectivity index (χ1v) is 8.80. The number of anilines is 1. The fourth-order valence-electron chi connectivity index (χ4n) is 2.18. The summed E-state index contributed by atoms with van der Waals surface area (Å²) in [7, 11) is 0. The summed E-state index contributed by atoms with van der Waals surface area (Å²) in [6.45, 7) is 3.21. The number of ether oxygens (including phenoxy) is 1. The molecule has 0 heterocycles. The molecule has 0 fully saturated rings. The van der Waals surface area contributed by atoms with Gasteiger partial charge >= 0.3 is 5.97 Å². The molecule has 2 aromatic carbocycles. The first-order valence-electron chi connectivity index (χ1n) is 8.01. The summed E-state index contributed by atoms with van der Waals surface area (Å²) in [6, 6.07) is 13.6. The van der Waals surface area contributed by atoms with Crippen molar-refractivity contribution in [3.05, 3.63) is 64.1 Å². The van der Waals surface area contributed by atoms with Crippen molar-refractivity contribution < 1.29 is 19.1 Å². The van der Waals surface area contributed by atoms with Gasteiger partial charge in [0.05, 0.1) is 22.9 Å². The van der Waals surface area contributed by atoms with Crippen molar-refractivity contribution in [3.8, 4) is 0 Å². The van der Waals surface area contributed by atoms with E-state index in [0.29, 0.717) is 15.7 Å². The molecule has 0 saturated carbocycles. The highest BCUT2D eigenvalue weighted by atomic mass is 79.9. The first kappa shape index (κ1) is 19.7. The molecular weight excluding hydrogens is 400 g/mol. The fourth-order valence-corrected chi connectivity index (χ4v) is 2.64. The summed E-state index contributed by atoms with van der Waals surface area (Å²) < 4.78 is 5.62. The molecule has 26 heavy (non-hydrogen) atoms. The second kappa shape index (κ2) is 9.15. The molecule has 2 amide bonds. The lowest BCUT2D eigenvalue weighted by Crippen LogP contribution is -2.32. The third-order valence-corrected chi connectivity index (χ3v) is 3.99. The minimum Gasteiger partial charge on any atom is -0.462 e. The predicted octanol–water partition coefficient (Wildman–Crippen LogP) is 3.38. The van der Waals surface area contributed by atoms with Crippen LogP contribution in [-0.2, 0) is 9.53 Å². The minimum absolute atomic E-state index is 0.247. The Kier molecular flexibility index (Phi) is 6.91. The zero-order valence-electron chi connectivity index (χ0n) is 14.4. The standard InChI is InChI=1S/C19H19BrN2O4/c1-12(2)26-17(23)11-21-18(24)14-8-4-6-10-16(14)22-19(25)13-7-3-5-9-15(13)20/h3-10,12H,11H2,1-2H3,(H,21,24)(H,22,25). The van der Waals surface area contributed by atoms with E-state index in [9.17, 15) is 14.4 Å². The number of para-hydroxylation sites is 1. The van der Waals surface area contributed by atoms with Gasteiger partial charge in [-0.15, -0.1) is 0 Å². The molecule has 0 radical (unpaired) electrons. The molecule has 0 aliphatic rings. The van der Waals surface area contributed by atoms with Crippen molar-refractivity contribution in [2.45, 2.75) is 20.0 Å². The van der Waals surface area contributed by atoms with Gasteiger partial charge in [0, 0.05) is 4.47 Å². The molecule has 6 nitrogen and oxygen atoms in total. The Morgan fingerprint density at radius 3 is 2.23 bits per heavy atom. The Balaban J connectivity index is 2.10. The highest BCUT2D eigenvalue weighted by Crippen LogP contribution is 2.20. The van der Waals surface area contributed by atoms with Crippen molar-refractivity contribution in [3.63, 3.8) is 0 Å². The molecule has 0 unspecified atom stereocenters. The van der Waals surface area contributed by atoms with Gasteiger partial charge in [-0.25, -0.2) is 0 Å². The Bertz CT molecular complexity index is 821. The van der Waals surface area contributed by atoms with E-state index in [1.165, 1.54) is 0 Å². The molecule has 0 atom stereocenters. The normalized spacial score (nSPS) is 10.3. The van der Waals surface area contributed by atoms with Crippen LogP contribution in [0.5, 0.6) is 0 Å². The number of carbonyl (C=O) groups is 3. The molecule has 2 aromatic rings. The predicted molar refractivity (Wildman–Crippen MR) is 102 cm³/mol. The molecule has 2 N–H and O–H groups in total. The van der Waals surface area contributed by atoms with Crippen LogP contribution >= 0.6 is 15.9 Å². The van der Waals surface area contributed by atoms with E-state index in [2.05, 4.69) is 26.6 Å². The van der Waals surface area contributed by atoms with E-state index in [4.69, 9.17) is 4.74 Å². The number of benzene rings is 2. The lowest BCUT2D eigenvalue weighted by atomic mass is 10.1. The van der Waals surface area contributed by atoms with Gasteiger partial charge in [-0.05, 0) is 54.0 Å². The van der Waals surface area contributed by atoms with E-state index in [1.54, 1.807) is 62.4 Å². The van der Waals surface area contributed by atoms with E-state index >= 15 is 0 Å². The summed E-state index contributed by atoms with van der Waals surface area (Å²) >= 11 is 3.33. The Labute approximate surface area is 160 Å². The van der Waals surface area contributed by atoms with Gasteiger partial charge in [0.1, 0.15) is 6.54 Å². The summed E-state index contributed by atoms with van der Waals surface area (Å²) in [5.41, 5.74) is 1.05. The zero-order chi connectivity index (χ0) is 19.1. The number of hydrogen-bond donors (Lipinski definition) is 2. The molecule has 0 bridgehead atoms. The van der Waals surface area contributed by atoms with Crippen LogP contribution < -0.4 is 10.6 Å². The van der Waals surface area contributed by atoms with Crippen LogP contribution in [0.25, 0.3) is 0 Å². The average molecular weight is 419 g/mol. The second-order valence-electron chi connectivity index (χ2n) is 5.70. The van der Waals surface area contributed by atoms with E-state index in [0.717, 1.165) is 0 Å². The van der Waals surface area contributed by atoms with Gasteiger partial charge < -0.3 is 15.4 Å². The Morgan fingerprint density at radius 2 is 1.58 bits per heavy atom. The quantitative estimate of drug-likeness (QED) is 0.704. The summed E-state index contributed by atoms with van der Waals surface area (Å²) in [5, 5.41) is 5.22. The lowest BCUT2D eigenvalue weighted by molar-refractivity contribution is -0.146. The summed E-state index contributed by atoms with van der Waals surface area (Å²) in [6.07, 6.45) is -0.254. The van der Waals surface area contributed by atoms with Crippen LogP contribution in [0.2, 0.25) is 0 Å². The second-order valence-corrected chi connectivity index (χ2v) is 6.56. The highest BCUT2D eigenvalue weighted by molar-refractivity contribution is 9.10. The molecule has 0 saturated heterocycles. The third kappa shape index (κ3) is 5.42. The van der Waals surface area contributed by atoms with Crippen molar-refractivity contribution in [1.29, 1.82) is 0 Å². The average Bonchev–Trinajstić information content (AvgIpc) is 2.60. The van der Waals surface area contributed by atoms with Crippen LogP contribution in [0.1, 0.15) is 34.6 Å². The van der Waals surface area contributed by atoms with Crippen molar-refractivity contribution in [1.82, 2.24) is 5.32 Å². The van der Waals surface area contributed by atoms with Crippen LogP contribution in [-0.4, -0.2) is 30.4 Å². The van der Waals surface area contributed by atoms with E-state index in [1.807, 2.05) is 0 Å². The molecule has 0 aliphatic heterocycles. The van der Waals surface area contributed by atoms with E-state index in [-0.39, 0.29) is 24.1 Å². The largest absolute Gasteiger partial charge is 0.462 e. The van der Waals surface area contributed by atoms with Crippen molar-refractivity contribution in [2.24, 2.45) is 0 Å². The number of halogens is 1. The van der Waals surface area contributed by atoms with Gasteiger partial charge in [-0.1, -0.05) is 24.3 Å². The third-order valence-electron chi connectivity index (χ3n) is 3.30. The maximum atomic E-state index is 12.5. The maximum absolute atomic E-state index is 12.5. The molecule has 136 valence electrons. The molecule has 7 heteroatoms. The molecule has 0 spiro atoms.